The lowest BCUT2D eigenvalue weighted by Gasteiger charge is -2.28. The molecule has 114 valence electrons. The van der Waals surface area contributed by atoms with Crippen molar-refractivity contribution in [2.75, 3.05) is 11.9 Å². The van der Waals surface area contributed by atoms with E-state index < -0.39 is 5.97 Å². The van der Waals surface area contributed by atoms with Crippen molar-refractivity contribution in [3.8, 4) is 0 Å². The normalized spacial score (nSPS) is 21.8. The highest BCUT2D eigenvalue weighted by molar-refractivity contribution is 5.94. The molecular weight excluding hydrogens is 268 g/mol. The van der Waals surface area contributed by atoms with Gasteiger partial charge in [-0.3, -0.25) is 9.59 Å². The molecule has 21 heavy (non-hydrogen) atoms. The number of carbonyl (C=O) groups excluding carboxylic acids is 1. The van der Waals surface area contributed by atoms with Gasteiger partial charge in [-0.25, -0.2) is 0 Å². The molecule has 1 fully saturated rings. The molecule has 1 saturated heterocycles. The maximum atomic E-state index is 12.2. The van der Waals surface area contributed by atoms with Crippen molar-refractivity contribution >= 4 is 17.6 Å². The van der Waals surface area contributed by atoms with E-state index in [0.29, 0.717) is 11.6 Å². The molecule has 2 atom stereocenters. The number of carboxylic acids is 1. The second kappa shape index (κ2) is 7.22. The number of carbonyl (C=O) groups is 2. The van der Waals surface area contributed by atoms with E-state index >= 15 is 0 Å². The third kappa shape index (κ3) is 4.56. The van der Waals surface area contributed by atoms with Gasteiger partial charge in [0.25, 0.3) is 0 Å². The maximum absolute atomic E-state index is 12.2. The lowest BCUT2D eigenvalue weighted by molar-refractivity contribution is -0.136. The van der Waals surface area contributed by atoms with Gasteiger partial charge < -0.3 is 15.7 Å². The summed E-state index contributed by atoms with van der Waals surface area (Å²) >= 11 is 0. The van der Waals surface area contributed by atoms with Crippen LogP contribution in [0.5, 0.6) is 0 Å². The number of amides is 1. The van der Waals surface area contributed by atoms with Crippen molar-refractivity contribution in [2.24, 2.45) is 5.92 Å². The van der Waals surface area contributed by atoms with Gasteiger partial charge in [0.05, 0.1) is 12.5 Å². The van der Waals surface area contributed by atoms with E-state index in [-0.39, 0.29) is 18.4 Å². The van der Waals surface area contributed by atoms with Crippen molar-refractivity contribution in [1.82, 2.24) is 5.32 Å². The molecule has 0 saturated carbocycles. The zero-order chi connectivity index (χ0) is 15.2. The van der Waals surface area contributed by atoms with Crippen LogP contribution in [0, 0.1) is 5.92 Å². The molecule has 3 N–H and O–H groups in total. The van der Waals surface area contributed by atoms with E-state index in [1.807, 2.05) is 0 Å². The van der Waals surface area contributed by atoms with Crippen LogP contribution >= 0.6 is 0 Å². The zero-order valence-electron chi connectivity index (χ0n) is 12.3. The molecule has 0 aromatic heterocycles. The van der Waals surface area contributed by atoms with Crippen molar-refractivity contribution in [1.29, 1.82) is 0 Å². The van der Waals surface area contributed by atoms with Crippen LogP contribution < -0.4 is 10.6 Å². The fraction of sp³-hybridized carbons (Fsp3) is 0.500. The summed E-state index contributed by atoms with van der Waals surface area (Å²) in [7, 11) is 0. The van der Waals surface area contributed by atoms with E-state index in [1.165, 1.54) is 0 Å². The smallest absolute Gasteiger partial charge is 0.307 e. The van der Waals surface area contributed by atoms with Crippen LogP contribution in [0.2, 0.25) is 0 Å². The zero-order valence-corrected chi connectivity index (χ0v) is 12.3. The Balaban J connectivity index is 1.91. The lowest BCUT2D eigenvalue weighted by atomic mass is 9.90. The molecule has 0 spiro atoms. The molecule has 5 heteroatoms. The van der Waals surface area contributed by atoms with Gasteiger partial charge in [-0.05, 0) is 43.0 Å². The first-order valence-corrected chi connectivity index (χ1v) is 7.43. The summed E-state index contributed by atoms with van der Waals surface area (Å²) in [4.78, 5) is 22.8. The van der Waals surface area contributed by atoms with E-state index in [4.69, 9.17) is 5.11 Å². The first-order valence-electron chi connectivity index (χ1n) is 7.43. The fourth-order valence-corrected chi connectivity index (χ4v) is 2.68. The van der Waals surface area contributed by atoms with Crippen LogP contribution in [0.15, 0.2) is 24.3 Å². The molecule has 2 rings (SSSR count). The number of aliphatic carboxylic acids is 1. The first kappa shape index (κ1) is 15.5. The summed E-state index contributed by atoms with van der Waals surface area (Å²) in [6.07, 6.45) is 3.11. The summed E-state index contributed by atoms with van der Waals surface area (Å²) in [5.74, 6) is -0.261. The van der Waals surface area contributed by atoms with Crippen molar-refractivity contribution in [2.45, 2.75) is 38.6 Å². The molecule has 0 radical (unpaired) electrons. The summed E-state index contributed by atoms with van der Waals surface area (Å²) < 4.78 is 0. The Kier molecular flexibility index (Phi) is 5.33. The molecule has 1 aliphatic heterocycles. The molecule has 1 aliphatic rings. The van der Waals surface area contributed by atoms with Crippen molar-refractivity contribution in [3.63, 3.8) is 0 Å². The SMILES string of the molecule is CCC1CCNC(C(=O)Nc2ccc(CC(=O)O)cc2)C1. The summed E-state index contributed by atoms with van der Waals surface area (Å²) in [6.45, 7) is 3.04. The Hall–Kier alpha value is -1.88. The predicted octanol–water partition coefficient (Wildman–Crippen LogP) is 2.03. The summed E-state index contributed by atoms with van der Waals surface area (Å²) in [5.41, 5.74) is 1.43. The lowest BCUT2D eigenvalue weighted by Crippen LogP contribution is -2.46. The molecule has 1 amide bonds. The largest absolute Gasteiger partial charge is 0.481 e. The second-order valence-corrected chi connectivity index (χ2v) is 5.56. The minimum atomic E-state index is -0.858. The fourth-order valence-electron chi connectivity index (χ4n) is 2.68. The Morgan fingerprint density at radius 3 is 2.67 bits per heavy atom. The number of hydrogen-bond donors (Lipinski definition) is 3. The number of nitrogens with one attached hydrogen (secondary N) is 2. The molecule has 2 unspecified atom stereocenters. The number of rotatable bonds is 5. The first-order chi connectivity index (χ1) is 10.1. The summed E-state index contributed by atoms with van der Waals surface area (Å²) in [5, 5.41) is 14.9. The Labute approximate surface area is 124 Å². The monoisotopic (exact) mass is 290 g/mol. The minimum absolute atomic E-state index is 0.00339. The Bertz CT molecular complexity index is 499. The average molecular weight is 290 g/mol. The maximum Gasteiger partial charge on any atom is 0.307 e. The van der Waals surface area contributed by atoms with Gasteiger partial charge in [-0.1, -0.05) is 25.5 Å². The topological polar surface area (TPSA) is 78.4 Å². The quantitative estimate of drug-likeness (QED) is 0.775. The molecule has 0 bridgehead atoms. The van der Waals surface area contributed by atoms with Crippen molar-refractivity contribution in [3.05, 3.63) is 29.8 Å². The molecule has 0 aliphatic carbocycles. The van der Waals surface area contributed by atoms with Crippen molar-refractivity contribution < 1.29 is 14.7 Å². The van der Waals surface area contributed by atoms with Gasteiger partial charge in [0, 0.05) is 5.69 Å². The van der Waals surface area contributed by atoms with Gasteiger partial charge >= 0.3 is 5.97 Å². The molecule has 5 nitrogen and oxygen atoms in total. The number of carboxylic acid groups (broad SMARTS) is 1. The molecular formula is C16H22N2O3. The van der Waals surface area contributed by atoms with E-state index in [2.05, 4.69) is 17.6 Å². The van der Waals surface area contributed by atoms with Gasteiger partial charge in [-0.2, -0.15) is 0 Å². The van der Waals surface area contributed by atoms with Crippen LogP contribution in [0.4, 0.5) is 5.69 Å². The highest BCUT2D eigenvalue weighted by atomic mass is 16.4. The number of piperidine rings is 1. The predicted molar refractivity (Wildman–Crippen MR) is 81.2 cm³/mol. The van der Waals surface area contributed by atoms with E-state index in [1.54, 1.807) is 24.3 Å². The van der Waals surface area contributed by atoms with E-state index in [9.17, 15) is 9.59 Å². The summed E-state index contributed by atoms with van der Waals surface area (Å²) in [6, 6.07) is 6.81. The van der Waals surface area contributed by atoms with Crippen LogP contribution in [-0.4, -0.2) is 29.6 Å². The number of benzene rings is 1. The number of anilines is 1. The van der Waals surface area contributed by atoms with Gasteiger partial charge in [0.2, 0.25) is 5.91 Å². The Morgan fingerprint density at radius 2 is 2.05 bits per heavy atom. The Morgan fingerprint density at radius 1 is 1.33 bits per heavy atom. The van der Waals surface area contributed by atoms with Crippen LogP contribution in [-0.2, 0) is 16.0 Å². The van der Waals surface area contributed by atoms with Gasteiger partial charge in [0.15, 0.2) is 0 Å². The van der Waals surface area contributed by atoms with E-state index in [0.717, 1.165) is 31.4 Å². The molecule has 1 aromatic rings. The molecule has 1 heterocycles. The van der Waals surface area contributed by atoms with Gasteiger partial charge in [0.1, 0.15) is 0 Å². The van der Waals surface area contributed by atoms with Gasteiger partial charge in [-0.15, -0.1) is 0 Å². The third-order valence-corrected chi connectivity index (χ3v) is 3.98. The van der Waals surface area contributed by atoms with Crippen LogP contribution in [0.3, 0.4) is 0 Å². The number of hydrogen-bond acceptors (Lipinski definition) is 3. The highest BCUT2D eigenvalue weighted by Crippen LogP contribution is 2.20. The van der Waals surface area contributed by atoms with Crippen LogP contribution in [0.25, 0.3) is 0 Å². The standard InChI is InChI=1S/C16H22N2O3/c1-2-11-7-8-17-14(9-11)16(21)18-13-5-3-12(4-6-13)10-15(19)20/h3-6,11,14,17H,2,7-10H2,1H3,(H,18,21)(H,19,20). The van der Waals surface area contributed by atoms with Crippen LogP contribution in [0.1, 0.15) is 31.7 Å². The molecule has 1 aromatic carbocycles. The highest BCUT2D eigenvalue weighted by Gasteiger charge is 2.25. The minimum Gasteiger partial charge on any atom is -0.481 e. The average Bonchev–Trinajstić information content (AvgIpc) is 2.49. The third-order valence-electron chi connectivity index (χ3n) is 3.98. The second-order valence-electron chi connectivity index (χ2n) is 5.56.